The largest absolute Gasteiger partial charge is 0.337 e. The zero-order valence-corrected chi connectivity index (χ0v) is 11.6. The van der Waals surface area contributed by atoms with Gasteiger partial charge >= 0.3 is 0 Å². The lowest BCUT2D eigenvalue weighted by Crippen LogP contribution is -2.27. The van der Waals surface area contributed by atoms with E-state index >= 15 is 0 Å². The summed E-state index contributed by atoms with van der Waals surface area (Å²) < 4.78 is 0. The molecule has 0 N–H and O–H groups in total. The molecule has 0 saturated carbocycles. The van der Waals surface area contributed by atoms with Gasteiger partial charge in [-0.15, -0.1) is 0 Å². The lowest BCUT2D eigenvalue weighted by Gasteiger charge is -2.19. The number of amides is 1. The number of nitrogens with zero attached hydrogens (tertiary/aromatic N) is 2. The average Bonchev–Trinajstić information content (AvgIpc) is 2.42. The van der Waals surface area contributed by atoms with E-state index in [-0.39, 0.29) is 5.91 Å². The van der Waals surface area contributed by atoms with Crippen LogP contribution in [0.1, 0.15) is 27.0 Å². The fourth-order valence-corrected chi connectivity index (χ4v) is 2.03. The van der Waals surface area contributed by atoms with E-state index in [9.17, 15) is 4.79 Å². The number of aryl methyl sites for hydroxylation is 1. The van der Waals surface area contributed by atoms with E-state index in [0.29, 0.717) is 6.54 Å². The van der Waals surface area contributed by atoms with Crippen LogP contribution in [0.2, 0.25) is 0 Å². The van der Waals surface area contributed by atoms with Gasteiger partial charge in [-0.25, -0.2) is 0 Å². The Hall–Kier alpha value is -2.16. The van der Waals surface area contributed by atoms with E-state index in [4.69, 9.17) is 0 Å². The number of carbonyl (C=O) groups excluding carboxylic acids is 1. The van der Waals surface area contributed by atoms with Gasteiger partial charge in [0.25, 0.3) is 5.91 Å². The Morgan fingerprint density at radius 1 is 1.21 bits per heavy atom. The molecule has 3 nitrogen and oxygen atoms in total. The molecule has 0 radical (unpaired) electrons. The van der Waals surface area contributed by atoms with Crippen LogP contribution in [0.25, 0.3) is 0 Å². The predicted molar refractivity (Wildman–Crippen MR) is 76.0 cm³/mol. The normalized spacial score (nSPS) is 10.3. The molecule has 3 heteroatoms. The van der Waals surface area contributed by atoms with Gasteiger partial charge in [-0.1, -0.05) is 18.2 Å². The minimum absolute atomic E-state index is 0.0463. The van der Waals surface area contributed by atoms with Gasteiger partial charge in [0.05, 0.1) is 0 Å². The Kier molecular flexibility index (Phi) is 3.95. The van der Waals surface area contributed by atoms with E-state index in [1.54, 1.807) is 17.3 Å². The molecule has 0 unspecified atom stereocenters. The van der Waals surface area contributed by atoms with Gasteiger partial charge in [0.15, 0.2) is 0 Å². The van der Waals surface area contributed by atoms with E-state index in [0.717, 1.165) is 22.3 Å². The van der Waals surface area contributed by atoms with Crippen LogP contribution in [0.3, 0.4) is 0 Å². The molecule has 19 heavy (non-hydrogen) atoms. The summed E-state index contributed by atoms with van der Waals surface area (Å²) in [4.78, 5) is 18.2. The van der Waals surface area contributed by atoms with Gasteiger partial charge in [-0.3, -0.25) is 9.78 Å². The van der Waals surface area contributed by atoms with Crippen LogP contribution >= 0.6 is 0 Å². The maximum atomic E-state index is 12.4. The first-order valence-electron chi connectivity index (χ1n) is 6.30. The number of carbonyl (C=O) groups is 1. The molecule has 0 bridgehead atoms. The number of benzene rings is 1. The summed E-state index contributed by atoms with van der Waals surface area (Å²) in [7, 11) is 1.82. The highest BCUT2D eigenvalue weighted by Gasteiger charge is 2.14. The van der Waals surface area contributed by atoms with Gasteiger partial charge in [0.1, 0.15) is 0 Å². The molecule has 0 saturated heterocycles. The Morgan fingerprint density at radius 3 is 2.68 bits per heavy atom. The smallest absolute Gasteiger partial charge is 0.254 e. The molecule has 1 aromatic carbocycles. The van der Waals surface area contributed by atoms with Crippen LogP contribution < -0.4 is 0 Å². The van der Waals surface area contributed by atoms with Gasteiger partial charge in [-0.2, -0.15) is 0 Å². The summed E-state index contributed by atoms with van der Waals surface area (Å²) in [6, 6.07) is 9.68. The monoisotopic (exact) mass is 254 g/mol. The lowest BCUT2D eigenvalue weighted by atomic mass is 10.0. The number of hydrogen-bond donors (Lipinski definition) is 0. The molecule has 0 aliphatic carbocycles. The molecule has 0 spiro atoms. The van der Waals surface area contributed by atoms with Crippen LogP contribution in [-0.2, 0) is 6.54 Å². The summed E-state index contributed by atoms with van der Waals surface area (Å²) in [5, 5.41) is 0. The summed E-state index contributed by atoms with van der Waals surface area (Å²) in [5.41, 5.74) is 3.99. The Balaban J connectivity index is 2.18. The van der Waals surface area contributed by atoms with Gasteiger partial charge in [0, 0.05) is 31.5 Å². The molecule has 1 amide bonds. The van der Waals surface area contributed by atoms with Crippen LogP contribution in [0.4, 0.5) is 0 Å². The Labute approximate surface area is 113 Å². The molecule has 1 aromatic heterocycles. The third kappa shape index (κ3) is 2.99. The minimum Gasteiger partial charge on any atom is -0.337 e. The van der Waals surface area contributed by atoms with Crippen LogP contribution in [0.15, 0.2) is 42.7 Å². The van der Waals surface area contributed by atoms with Crippen LogP contribution in [0.5, 0.6) is 0 Å². The van der Waals surface area contributed by atoms with Crippen LogP contribution in [0, 0.1) is 13.8 Å². The highest BCUT2D eigenvalue weighted by Crippen LogP contribution is 2.15. The third-order valence-corrected chi connectivity index (χ3v) is 3.32. The van der Waals surface area contributed by atoms with Gasteiger partial charge in [-0.05, 0) is 42.7 Å². The number of pyridine rings is 1. The first-order chi connectivity index (χ1) is 9.09. The summed E-state index contributed by atoms with van der Waals surface area (Å²) in [6.07, 6.45) is 3.52. The molecule has 0 fully saturated rings. The van der Waals surface area contributed by atoms with Gasteiger partial charge < -0.3 is 4.90 Å². The second-order valence-electron chi connectivity index (χ2n) is 4.77. The predicted octanol–water partition coefficient (Wildman–Crippen LogP) is 2.97. The molecule has 2 aromatic rings. The Bertz CT molecular complexity index is 579. The highest BCUT2D eigenvalue weighted by atomic mass is 16.2. The van der Waals surface area contributed by atoms with Crippen molar-refractivity contribution in [1.82, 2.24) is 9.88 Å². The lowest BCUT2D eigenvalue weighted by molar-refractivity contribution is 0.0784. The molecule has 98 valence electrons. The van der Waals surface area contributed by atoms with Crippen molar-refractivity contribution in [2.24, 2.45) is 0 Å². The molecular weight excluding hydrogens is 236 g/mol. The van der Waals surface area contributed by atoms with E-state index in [2.05, 4.69) is 4.98 Å². The summed E-state index contributed by atoms with van der Waals surface area (Å²) >= 11 is 0. The molecule has 0 aliphatic rings. The van der Waals surface area contributed by atoms with Crippen LogP contribution in [-0.4, -0.2) is 22.8 Å². The molecular formula is C16H18N2O. The van der Waals surface area contributed by atoms with Crippen molar-refractivity contribution in [3.8, 4) is 0 Å². The van der Waals surface area contributed by atoms with Crippen molar-refractivity contribution in [2.45, 2.75) is 20.4 Å². The molecule has 0 atom stereocenters. The van der Waals surface area contributed by atoms with E-state index < -0.39 is 0 Å². The second kappa shape index (κ2) is 5.65. The second-order valence-corrected chi connectivity index (χ2v) is 4.77. The van der Waals surface area contributed by atoms with Crippen molar-refractivity contribution < 1.29 is 4.79 Å². The standard InChI is InChI=1S/C16H18N2O/c1-12-6-4-8-15(13(12)2)16(19)18(3)11-14-7-5-9-17-10-14/h4-10H,11H2,1-3H3. The first-order valence-corrected chi connectivity index (χ1v) is 6.30. The quantitative estimate of drug-likeness (QED) is 0.843. The van der Waals surface area contributed by atoms with E-state index in [1.807, 2.05) is 51.2 Å². The topological polar surface area (TPSA) is 33.2 Å². The van der Waals surface area contributed by atoms with Gasteiger partial charge in [0.2, 0.25) is 0 Å². The SMILES string of the molecule is Cc1cccc(C(=O)N(C)Cc2cccnc2)c1C. The maximum absolute atomic E-state index is 12.4. The Morgan fingerprint density at radius 2 is 2.00 bits per heavy atom. The zero-order valence-electron chi connectivity index (χ0n) is 11.6. The maximum Gasteiger partial charge on any atom is 0.254 e. The summed E-state index contributed by atoms with van der Waals surface area (Å²) in [6.45, 7) is 4.58. The minimum atomic E-state index is 0.0463. The highest BCUT2D eigenvalue weighted by molar-refractivity contribution is 5.95. The van der Waals surface area contributed by atoms with Crippen molar-refractivity contribution in [3.63, 3.8) is 0 Å². The number of aromatic nitrogens is 1. The van der Waals surface area contributed by atoms with Crippen molar-refractivity contribution >= 4 is 5.91 Å². The molecule has 1 heterocycles. The number of rotatable bonds is 3. The van der Waals surface area contributed by atoms with E-state index in [1.165, 1.54) is 0 Å². The fraction of sp³-hybridized carbons (Fsp3) is 0.250. The average molecular weight is 254 g/mol. The van der Waals surface area contributed by atoms with Crippen molar-refractivity contribution in [3.05, 3.63) is 65.0 Å². The van der Waals surface area contributed by atoms with Crippen molar-refractivity contribution in [2.75, 3.05) is 7.05 Å². The zero-order chi connectivity index (χ0) is 13.8. The van der Waals surface area contributed by atoms with Crippen molar-refractivity contribution in [1.29, 1.82) is 0 Å². The summed E-state index contributed by atoms with van der Waals surface area (Å²) in [5.74, 6) is 0.0463. The molecule has 2 rings (SSSR count). The fourth-order valence-electron chi connectivity index (χ4n) is 2.03. The molecule has 0 aliphatic heterocycles. The first kappa shape index (κ1) is 13.3. The third-order valence-electron chi connectivity index (χ3n) is 3.32. The number of hydrogen-bond acceptors (Lipinski definition) is 2.